The third kappa shape index (κ3) is 2.08. The lowest BCUT2D eigenvalue weighted by Crippen LogP contribution is -2.46. The van der Waals surface area contributed by atoms with Gasteiger partial charge in [-0.2, -0.15) is 4.31 Å². The average Bonchev–Trinajstić information content (AvgIpc) is 3.24. The van der Waals surface area contributed by atoms with Crippen LogP contribution in [0.25, 0.3) is 0 Å². The van der Waals surface area contributed by atoms with Crippen LogP contribution in [0, 0.1) is 16.7 Å². The van der Waals surface area contributed by atoms with Gasteiger partial charge in [-0.1, -0.05) is 13.8 Å². The predicted molar refractivity (Wildman–Crippen MR) is 91.8 cm³/mol. The van der Waals surface area contributed by atoms with E-state index in [9.17, 15) is 13.2 Å². The van der Waals surface area contributed by atoms with Crippen LogP contribution >= 0.6 is 0 Å². The number of hydrogen-bond acceptors (Lipinski definition) is 3. The summed E-state index contributed by atoms with van der Waals surface area (Å²) < 4.78 is 28.2. The van der Waals surface area contributed by atoms with Crippen molar-refractivity contribution < 1.29 is 13.2 Å². The summed E-state index contributed by atoms with van der Waals surface area (Å²) >= 11 is 0. The zero-order chi connectivity index (χ0) is 17.2. The second-order valence-electron chi connectivity index (χ2n) is 8.32. The monoisotopic (exact) mass is 350 g/mol. The maximum atomic E-state index is 13.3. The van der Waals surface area contributed by atoms with Crippen molar-refractivity contribution in [3.05, 3.63) is 24.0 Å². The summed E-state index contributed by atoms with van der Waals surface area (Å²) in [5.74, 6) is 0.500. The molecule has 2 aliphatic carbocycles. The summed E-state index contributed by atoms with van der Waals surface area (Å²) in [6, 6.07) is 3.74. The molecule has 0 aromatic carbocycles. The molecule has 2 heterocycles. The molecule has 3 fully saturated rings. The van der Waals surface area contributed by atoms with Gasteiger partial charge in [0.1, 0.15) is 5.78 Å². The fourth-order valence-corrected chi connectivity index (χ4v) is 7.92. The average molecular weight is 350 g/mol. The minimum absolute atomic E-state index is 0.0143. The van der Waals surface area contributed by atoms with E-state index in [1.807, 2.05) is 18.3 Å². The molecule has 0 radical (unpaired) electrons. The quantitative estimate of drug-likeness (QED) is 0.908. The predicted octanol–water partition coefficient (Wildman–Crippen LogP) is 2.88. The fraction of sp³-hybridized carbons (Fsp3) is 0.722. The topological polar surface area (TPSA) is 70.2 Å². The number of H-pyrrole nitrogens is 1. The normalized spacial score (nSPS) is 35.8. The minimum Gasteiger partial charge on any atom is -0.364 e. The molecule has 2 bridgehead atoms. The highest BCUT2D eigenvalue weighted by Crippen LogP contribution is 2.64. The Morgan fingerprint density at radius 3 is 2.71 bits per heavy atom. The molecule has 1 aromatic heterocycles. The van der Waals surface area contributed by atoms with Gasteiger partial charge in [-0.25, -0.2) is 8.42 Å². The number of carbonyl (C=O) groups is 1. The molecule has 1 saturated heterocycles. The van der Waals surface area contributed by atoms with Crippen molar-refractivity contribution in [1.29, 1.82) is 0 Å². The third-order valence-electron chi connectivity index (χ3n) is 7.11. The summed E-state index contributed by atoms with van der Waals surface area (Å²) in [5.41, 5.74) is 0.0629. The number of carbonyl (C=O) groups excluding carboxylic acids is 1. The Hall–Kier alpha value is -1.14. The van der Waals surface area contributed by atoms with Crippen LogP contribution in [0.5, 0.6) is 0 Å². The number of aromatic amines is 1. The summed E-state index contributed by atoms with van der Waals surface area (Å²) in [6.45, 7) is 4.75. The second-order valence-corrected chi connectivity index (χ2v) is 10.2. The van der Waals surface area contributed by atoms with Crippen LogP contribution in [0.4, 0.5) is 0 Å². The molecule has 0 spiro atoms. The Bertz CT molecular complexity index is 753. The Balaban J connectivity index is 1.65. The lowest BCUT2D eigenvalue weighted by Gasteiger charge is -2.38. The highest BCUT2D eigenvalue weighted by atomic mass is 32.2. The molecular weight excluding hydrogens is 324 g/mol. The fourth-order valence-electron chi connectivity index (χ4n) is 5.44. The van der Waals surface area contributed by atoms with E-state index in [1.54, 1.807) is 4.31 Å². The summed E-state index contributed by atoms with van der Waals surface area (Å²) in [7, 11) is -3.47. The molecule has 4 rings (SSSR count). The number of aromatic nitrogens is 1. The van der Waals surface area contributed by atoms with E-state index >= 15 is 0 Å². The van der Waals surface area contributed by atoms with Crippen LogP contribution in [0.2, 0.25) is 0 Å². The summed E-state index contributed by atoms with van der Waals surface area (Å²) in [4.78, 5) is 15.8. The van der Waals surface area contributed by atoms with Crippen molar-refractivity contribution in [2.45, 2.75) is 52.0 Å². The first-order valence-corrected chi connectivity index (χ1v) is 10.5. The van der Waals surface area contributed by atoms with Gasteiger partial charge in [-0.3, -0.25) is 4.79 Å². The van der Waals surface area contributed by atoms with Crippen molar-refractivity contribution >= 4 is 15.8 Å². The summed E-state index contributed by atoms with van der Waals surface area (Å²) in [5, 5.41) is 0. The molecule has 1 aliphatic heterocycles. The Kier molecular flexibility index (Phi) is 3.52. The van der Waals surface area contributed by atoms with Gasteiger partial charge < -0.3 is 4.98 Å². The molecule has 132 valence electrons. The molecule has 1 N–H and O–H groups in total. The Morgan fingerprint density at radius 2 is 2.12 bits per heavy atom. The number of ketones is 1. The van der Waals surface area contributed by atoms with Gasteiger partial charge in [0.15, 0.2) is 0 Å². The van der Waals surface area contributed by atoms with Crippen LogP contribution in [-0.4, -0.2) is 35.8 Å². The first kappa shape index (κ1) is 16.3. The number of fused-ring (bicyclic) bond motifs is 2. The maximum absolute atomic E-state index is 13.3. The molecule has 24 heavy (non-hydrogen) atoms. The molecule has 3 unspecified atom stereocenters. The largest absolute Gasteiger partial charge is 0.364 e. The Labute approximate surface area is 143 Å². The maximum Gasteiger partial charge on any atom is 0.215 e. The molecular formula is C18H26N2O3S. The molecule has 2 saturated carbocycles. The van der Waals surface area contributed by atoms with Crippen molar-refractivity contribution in [3.8, 4) is 0 Å². The first-order valence-electron chi connectivity index (χ1n) is 8.94. The van der Waals surface area contributed by atoms with E-state index in [4.69, 9.17) is 0 Å². The highest BCUT2D eigenvalue weighted by Gasteiger charge is 2.65. The number of nitrogens with zero attached hydrogens (tertiary/aromatic N) is 1. The smallest absolute Gasteiger partial charge is 0.215 e. The SMILES string of the molecule is CC1(C)C2CCC1(CS(=O)(=O)N1CCCC1c1ccc[nH]1)C(=O)C2. The van der Waals surface area contributed by atoms with Crippen molar-refractivity contribution in [2.24, 2.45) is 16.7 Å². The molecule has 1 aromatic rings. The molecule has 0 amide bonds. The number of Topliss-reactive ketones (excluding diaryl/α,β-unsaturated/α-hetero) is 1. The van der Waals surface area contributed by atoms with Gasteiger partial charge in [-0.15, -0.1) is 0 Å². The van der Waals surface area contributed by atoms with Crippen LogP contribution in [-0.2, 0) is 14.8 Å². The van der Waals surface area contributed by atoms with E-state index in [0.717, 1.165) is 31.4 Å². The molecule has 6 heteroatoms. The van der Waals surface area contributed by atoms with Gasteiger partial charge in [-0.05, 0) is 49.1 Å². The molecule has 3 aliphatic rings. The van der Waals surface area contributed by atoms with Crippen molar-refractivity contribution in [3.63, 3.8) is 0 Å². The lowest BCUT2D eigenvalue weighted by atomic mass is 9.70. The first-order chi connectivity index (χ1) is 11.3. The summed E-state index contributed by atoms with van der Waals surface area (Å²) in [6.07, 6.45) is 5.81. The number of rotatable bonds is 4. The van der Waals surface area contributed by atoms with Gasteiger partial charge in [0.2, 0.25) is 10.0 Å². The van der Waals surface area contributed by atoms with Crippen LogP contribution in [0.15, 0.2) is 18.3 Å². The van der Waals surface area contributed by atoms with E-state index in [1.165, 1.54) is 0 Å². The van der Waals surface area contributed by atoms with E-state index in [-0.39, 0.29) is 23.0 Å². The van der Waals surface area contributed by atoms with Crippen LogP contribution < -0.4 is 0 Å². The van der Waals surface area contributed by atoms with E-state index in [2.05, 4.69) is 18.8 Å². The number of hydrogen-bond donors (Lipinski definition) is 1. The van der Waals surface area contributed by atoms with Gasteiger partial charge >= 0.3 is 0 Å². The van der Waals surface area contributed by atoms with E-state index < -0.39 is 15.4 Å². The standard InChI is InChI=1S/C18H26N2O3S/c1-17(2)13-7-8-18(17,16(21)11-13)12-24(22,23)20-10-4-6-15(20)14-5-3-9-19-14/h3,5,9,13,15,19H,4,6-8,10-12H2,1-2H3. The number of sulfonamides is 1. The van der Waals surface area contributed by atoms with Crippen LogP contribution in [0.1, 0.15) is 57.7 Å². The third-order valence-corrected chi connectivity index (χ3v) is 9.12. The van der Waals surface area contributed by atoms with Gasteiger partial charge in [0.25, 0.3) is 0 Å². The van der Waals surface area contributed by atoms with Crippen molar-refractivity contribution in [1.82, 2.24) is 9.29 Å². The van der Waals surface area contributed by atoms with E-state index in [0.29, 0.717) is 18.9 Å². The van der Waals surface area contributed by atoms with Gasteiger partial charge in [0.05, 0.1) is 11.8 Å². The molecule has 5 nitrogen and oxygen atoms in total. The zero-order valence-corrected chi connectivity index (χ0v) is 15.2. The zero-order valence-electron chi connectivity index (χ0n) is 14.4. The molecule has 3 atom stereocenters. The van der Waals surface area contributed by atoms with Crippen molar-refractivity contribution in [2.75, 3.05) is 12.3 Å². The minimum atomic E-state index is -3.47. The number of nitrogens with one attached hydrogen (secondary N) is 1. The van der Waals surface area contributed by atoms with Crippen LogP contribution in [0.3, 0.4) is 0 Å². The second kappa shape index (κ2) is 5.18. The van der Waals surface area contributed by atoms with Gasteiger partial charge in [0, 0.05) is 30.3 Å². The Morgan fingerprint density at radius 1 is 1.33 bits per heavy atom. The highest BCUT2D eigenvalue weighted by molar-refractivity contribution is 7.89. The lowest BCUT2D eigenvalue weighted by molar-refractivity contribution is -0.128.